The molecule has 0 atom stereocenters. The second kappa shape index (κ2) is 6.84. The standard InChI is InChI=1S/C16H23FN2O/c1-12(2)9-14-3-4-16(18-15(17)10-14)19-7-5-13(11-20)6-8-19/h3-4,13,20H,1,5-11H2,2H3. The summed E-state index contributed by atoms with van der Waals surface area (Å²) >= 11 is 0. The lowest BCUT2D eigenvalue weighted by molar-refractivity contribution is 0.150. The van der Waals surface area contributed by atoms with Gasteiger partial charge >= 0.3 is 0 Å². The summed E-state index contributed by atoms with van der Waals surface area (Å²) in [6.45, 7) is 7.73. The Morgan fingerprint density at radius 1 is 1.45 bits per heavy atom. The second-order valence-corrected chi connectivity index (χ2v) is 5.76. The van der Waals surface area contributed by atoms with Crippen molar-refractivity contribution >= 4 is 5.97 Å². The van der Waals surface area contributed by atoms with Gasteiger partial charge in [-0.1, -0.05) is 23.8 Å². The first-order valence-corrected chi connectivity index (χ1v) is 7.21. The van der Waals surface area contributed by atoms with Crippen molar-refractivity contribution in [3.05, 3.63) is 35.7 Å². The summed E-state index contributed by atoms with van der Waals surface area (Å²) in [6.07, 6.45) is 6.75. The predicted octanol–water partition coefficient (Wildman–Crippen LogP) is 3.20. The summed E-state index contributed by atoms with van der Waals surface area (Å²) in [4.78, 5) is 6.20. The van der Waals surface area contributed by atoms with Gasteiger partial charge in [0.15, 0.2) is 5.97 Å². The molecule has 20 heavy (non-hydrogen) atoms. The Balaban J connectivity index is 2.07. The number of aliphatic imine (C=N–C) groups is 1. The summed E-state index contributed by atoms with van der Waals surface area (Å²) in [5.74, 6) is 0.752. The fraction of sp³-hybridized carbons (Fsp3) is 0.562. The summed E-state index contributed by atoms with van der Waals surface area (Å²) < 4.78 is 13.9. The third-order valence-corrected chi connectivity index (χ3v) is 3.80. The van der Waals surface area contributed by atoms with Crippen LogP contribution in [-0.4, -0.2) is 35.7 Å². The molecule has 1 fully saturated rings. The molecule has 2 aliphatic rings. The molecule has 0 bridgehead atoms. The van der Waals surface area contributed by atoms with Crippen molar-refractivity contribution in [2.45, 2.75) is 32.6 Å². The molecule has 0 aliphatic carbocycles. The van der Waals surface area contributed by atoms with E-state index in [9.17, 15) is 4.39 Å². The summed E-state index contributed by atoms with van der Waals surface area (Å²) in [5, 5.41) is 9.15. The predicted molar refractivity (Wildman–Crippen MR) is 80.1 cm³/mol. The average molecular weight is 278 g/mol. The van der Waals surface area contributed by atoms with Crippen molar-refractivity contribution in [2.24, 2.45) is 10.9 Å². The summed E-state index contributed by atoms with van der Waals surface area (Å²) in [7, 11) is 0. The van der Waals surface area contributed by atoms with Gasteiger partial charge in [-0.2, -0.15) is 4.39 Å². The van der Waals surface area contributed by atoms with E-state index in [0.29, 0.717) is 11.7 Å². The normalized spacial score (nSPS) is 20.9. The molecule has 1 saturated heterocycles. The van der Waals surface area contributed by atoms with Gasteiger partial charge in [0.1, 0.15) is 5.82 Å². The van der Waals surface area contributed by atoms with Crippen LogP contribution in [0.5, 0.6) is 0 Å². The van der Waals surface area contributed by atoms with Crippen LogP contribution in [0.3, 0.4) is 0 Å². The molecule has 0 unspecified atom stereocenters. The molecule has 110 valence electrons. The van der Waals surface area contributed by atoms with Gasteiger partial charge < -0.3 is 10.0 Å². The van der Waals surface area contributed by atoms with E-state index in [1.54, 1.807) is 0 Å². The highest BCUT2D eigenvalue weighted by atomic mass is 19.1. The van der Waals surface area contributed by atoms with E-state index in [-0.39, 0.29) is 19.0 Å². The van der Waals surface area contributed by atoms with Crippen molar-refractivity contribution in [3.63, 3.8) is 0 Å². The average Bonchev–Trinajstić information content (AvgIpc) is 2.60. The Hall–Kier alpha value is -1.42. The molecule has 2 aliphatic heterocycles. The molecule has 0 radical (unpaired) electrons. The molecule has 0 aromatic heterocycles. The number of likely N-dealkylation sites (tertiary alicyclic amines) is 1. The van der Waals surface area contributed by atoms with Crippen molar-refractivity contribution in [2.75, 3.05) is 19.7 Å². The number of allylic oxidation sites excluding steroid dienone is 4. The third kappa shape index (κ3) is 4.04. The van der Waals surface area contributed by atoms with Crippen molar-refractivity contribution in [1.29, 1.82) is 0 Å². The van der Waals surface area contributed by atoms with Crippen LogP contribution in [0.1, 0.15) is 32.6 Å². The molecule has 1 N–H and O–H groups in total. The molecule has 0 aromatic carbocycles. The maximum atomic E-state index is 13.9. The number of halogens is 1. The van der Waals surface area contributed by atoms with Crippen molar-refractivity contribution < 1.29 is 9.50 Å². The van der Waals surface area contributed by atoms with Crippen LogP contribution in [-0.2, 0) is 0 Å². The first-order valence-electron chi connectivity index (χ1n) is 7.21. The zero-order valence-corrected chi connectivity index (χ0v) is 12.1. The van der Waals surface area contributed by atoms with Crippen molar-refractivity contribution in [3.8, 4) is 0 Å². The lowest BCUT2D eigenvalue weighted by atomic mass is 9.98. The van der Waals surface area contributed by atoms with Crippen LogP contribution < -0.4 is 0 Å². The molecular weight excluding hydrogens is 255 g/mol. The van der Waals surface area contributed by atoms with Gasteiger partial charge in [0.2, 0.25) is 0 Å². The minimum absolute atomic E-state index is 0.243. The number of hydrogen-bond acceptors (Lipinski definition) is 3. The maximum Gasteiger partial charge on any atom is 0.195 e. The first kappa shape index (κ1) is 15.0. The summed E-state index contributed by atoms with van der Waals surface area (Å²) in [5.41, 5.74) is 2.05. The molecule has 0 amide bonds. The molecule has 4 heteroatoms. The monoisotopic (exact) mass is 278 g/mol. The highest BCUT2D eigenvalue weighted by Crippen LogP contribution is 2.24. The Kier molecular flexibility index (Phi) is 5.12. The largest absolute Gasteiger partial charge is 0.396 e. The number of rotatable bonds is 4. The van der Waals surface area contributed by atoms with E-state index in [1.165, 1.54) is 0 Å². The Morgan fingerprint density at radius 2 is 2.15 bits per heavy atom. The van der Waals surface area contributed by atoms with Gasteiger partial charge in [-0.15, -0.1) is 0 Å². The van der Waals surface area contributed by atoms with Crippen LogP contribution in [0.25, 0.3) is 0 Å². The topological polar surface area (TPSA) is 35.8 Å². The highest BCUT2D eigenvalue weighted by Gasteiger charge is 2.21. The van der Waals surface area contributed by atoms with Gasteiger partial charge in [-0.05, 0) is 38.2 Å². The molecule has 0 aromatic rings. The lowest BCUT2D eigenvalue weighted by Crippen LogP contribution is -2.33. The zero-order valence-electron chi connectivity index (χ0n) is 12.1. The van der Waals surface area contributed by atoms with Crippen LogP contribution in [0, 0.1) is 5.92 Å². The molecule has 2 heterocycles. The van der Waals surface area contributed by atoms with E-state index >= 15 is 0 Å². The van der Waals surface area contributed by atoms with E-state index in [2.05, 4.69) is 16.5 Å². The van der Waals surface area contributed by atoms with Crippen LogP contribution in [0.4, 0.5) is 4.39 Å². The Labute approximate surface area is 120 Å². The molecular formula is C16H23FN2O. The second-order valence-electron chi connectivity index (χ2n) is 5.76. The van der Waals surface area contributed by atoms with Gasteiger partial charge in [0.25, 0.3) is 0 Å². The number of hydrogen-bond donors (Lipinski definition) is 1. The summed E-state index contributed by atoms with van der Waals surface area (Å²) in [6, 6.07) is 0. The lowest BCUT2D eigenvalue weighted by Gasteiger charge is -2.32. The fourth-order valence-corrected chi connectivity index (χ4v) is 2.67. The Bertz CT molecular complexity index is 457. The van der Waals surface area contributed by atoms with E-state index in [0.717, 1.165) is 43.5 Å². The number of aliphatic hydroxyl groups excluding tert-OH is 1. The van der Waals surface area contributed by atoms with Gasteiger partial charge in [-0.3, -0.25) is 0 Å². The first-order chi connectivity index (χ1) is 9.58. The Morgan fingerprint density at radius 3 is 2.75 bits per heavy atom. The minimum atomic E-state index is -0.328. The molecule has 2 rings (SSSR count). The van der Waals surface area contributed by atoms with E-state index < -0.39 is 0 Å². The number of piperidine rings is 1. The number of aliphatic hydroxyl groups is 1. The smallest absolute Gasteiger partial charge is 0.195 e. The quantitative estimate of drug-likeness (QED) is 0.802. The van der Waals surface area contributed by atoms with Crippen LogP contribution in [0.15, 0.2) is 40.7 Å². The maximum absolute atomic E-state index is 13.9. The van der Waals surface area contributed by atoms with E-state index in [4.69, 9.17) is 5.11 Å². The molecule has 0 spiro atoms. The van der Waals surface area contributed by atoms with Gasteiger partial charge in [0, 0.05) is 26.1 Å². The van der Waals surface area contributed by atoms with Crippen molar-refractivity contribution in [1.82, 2.24) is 4.90 Å². The number of nitrogens with zero attached hydrogens (tertiary/aromatic N) is 2. The molecule has 3 nitrogen and oxygen atoms in total. The van der Waals surface area contributed by atoms with Gasteiger partial charge in [0.05, 0.1) is 0 Å². The SMILES string of the molecule is C=C(C)CC1=CC=C(N2CCC(CO)CC2)N=C(F)C1. The van der Waals surface area contributed by atoms with Crippen LogP contribution in [0.2, 0.25) is 0 Å². The zero-order chi connectivity index (χ0) is 14.5. The minimum Gasteiger partial charge on any atom is -0.396 e. The molecule has 0 saturated carbocycles. The fourth-order valence-electron chi connectivity index (χ4n) is 2.67. The highest BCUT2D eigenvalue weighted by molar-refractivity contribution is 5.79. The third-order valence-electron chi connectivity index (χ3n) is 3.80. The van der Waals surface area contributed by atoms with E-state index in [1.807, 2.05) is 19.1 Å². The van der Waals surface area contributed by atoms with Crippen LogP contribution >= 0.6 is 0 Å². The van der Waals surface area contributed by atoms with Gasteiger partial charge in [-0.25, -0.2) is 4.99 Å².